The van der Waals surface area contributed by atoms with Crippen LogP contribution in [0.1, 0.15) is 40.5 Å². The van der Waals surface area contributed by atoms with E-state index in [2.05, 4.69) is 18.7 Å². The fraction of sp³-hybridized carbons (Fsp3) is 1.00. The number of hydrogen-bond donors (Lipinski definition) is 1. The van der Waals surface area contributed by atoms with Gasteiger partial charge in [-0.05, 0) is 18.8 Å². The van der Waals surface area contributed by atoms with Crippen LogP contribution in [0.2, 0.25) is 0 Å². The van der Waals surface area contributed by atoms with E-state index in [1.807, 2.05) is 13.8 Å². The van der Waals surface area contributed by atoms with Gasteiger partial charge in [-0.1, -0.05) is 27.7 Å². The maximum atomic E-state index is 10.2. The van der Waals surface area contributed by atoms with Gasteiger partial charge in [-0.2, -0.15) is 0 Å². The third-order valence-electron chi connectivity index (χ3n) is 3.41. The van der Waals surface area contributed by atoms with Crippen LogP contribution in [0.3, 0.4) is 0 Å². The molecule has 0 aromatic rings. The van der Waals surface area contributed by atoms with Gasteiger partial charge in [0.15, 0.2) is 0 Å². The average molecular weight is 231 g/mol. The summed E-state index contributed by atoms with van der Waals surface area (Å²) in [4.78, 5) is 2.36. The molecular weight excluding hydrogens is 202 g/mol. The van der Waals surface area contributed by atoms with Gasteiger partial charge in [0.1, 0.15) is 0 Å². The molecule has 0 bridgehead atoms. The first-order chi connectivity index (χ1) is 7.58. The summed E-state index contributed by atoms with van der Waals surface area (Å²) in [7, 11) is 1.73. The van der Waals surface area contributed by atoms with Crippen molar-refractivity contribution in [1.29, 1.82) is 0 Å². The summed E-state index contributed by atoms with van der Waals surface area (Å²) in [6, 6.07) is 0. The molecule has 1 aliphatic rings. The van der Waals surface area contributed by atoms with Crippen molar-refractivity contribution in [3.05, 3.63) is 0 Å². The Morgan fingerprint density at radius 2 is 1.75 bits per heavy atom. The largest absolute Gasteiger partial charge is 0.390 e. The molecule has 1 heterocycles. The Hall–Kier alpha value is -0.120. The summed E-state index contributed by atoms with van der Waals surface area (Å²) >= 11 is 0. The van der Waals surface area contributed by atoms with E-state index in [4.69, 9.17) is 4.74 Å². The number of hydrogen-bond acceptors (Lipinski definition) is 3. The van der Waals surface area contributed by atoms with Crippen LogP contribution in [0.4, 0.5) is 0 Å². The molecule has 0 radical (unpaired) electrons. The molecular formula is C13H29NO2. The summed E-state index contributed by atoms with van der Waals surface area (Å²) in [6.07, 6.45) is 1.79. The van der Waals surface area contributed by atoms with Crippen molar-refractivity contribution in [3.8, 4) is 0 Å². The summed E-state index contributed by atoms with van der Waals surface area (Å²) in [5, 5.41) is 10.2. The zero-order valence-corrected chi connectivity index (χ0v) is 11.6. The highest BCUT2D eigenvalue weighted by atomic mass is 16.5. The second kappa shape index (κ2) is 8.04. The lowest BCUT2D eigenvalue weighted by atomic mass is 9.81. The van der Waals surface area contributed by atoms with Crippen molar-refractivity contribution < 1.29 is 9.84 Å². The molecule has 0 aromatic heterocycles. The summed E-state index contributed by atoms with van der Waals surface area (Å²) < 4.78 is 5.04. The number of nitrogens with zero attached hydrogens (tertiary/aromatic N) is 1. The van der Waals surface area contributed by atoms with Gasteiger partial charge < -0.3 is 14.7 Å². The number of rotatable bonds is 4. The van der Waals surface area contributed by atoms with Gasteiger partial charge in [0, 0.05) is 26.7 Å². The van der Waals surface area contributed by atoms with Crippen LogP contribution in [-0.4, -0.2) is 49.0 Å². The minimum Gasteiger partial charge on any atom is -0.390 e. The quantitative estimate of drug-likeness (QED) is 0.804. The molecule has 0 aromatic carbocycles. The molecule has 3 nitrogen and oxygen atoms in total. The zero-order chi connectivity index (χ0) is 12.6. The monoisotopic (exact) mass is 231 g/mol. The Morgan fingerprint density at radius 3 is 2.12 bits per heavy atom. The first-order valence-corrected chi connectivity index (χ1v) is 6.52. The van der Waals surface area contributed by atoms with Crippen molar-refractivity contribution in [2.24, 2.45) is 5.92 Å². The number of aliphatic hydroxyl groups is 1. The Morgan fingerprint density at radius 1 is 1.25 bits per heavy atom. The second-order valence-electron chi connectivity index (χ2n) is 4.59. The van der Waals surface area contributed by atoms with Crippen LogP contribution in [0.5, 0.6) is 0 Å². The van der Waals surface area contributed by atoms with E-state index in [9.17, 15) is 5.11 Å². The number of piperidine rings is 1. The smallest absolute Gasteiger partial charge is 0.0694 e. The standard InChI is InChI=1S/C11H23NO2.C2H6/c1-10(2)11(13)4-6-12(7-5-11)8-9-14-3;1-2/h10,13H,4-9H2,1-3H3;1-2H3. The lowest BCUT2D eigenvalue weighted by Crippen LogP contribution is -2.48. The zero-order valence-electron chi connectivity index (χ0n) is 11.6. The predicted molar refractivity (Wildman–Crippen MR) is 68.7 cm³/mol. The van der Waals surface area contributed by atoms with E-state index in [0.717, 1.165) is 39.1 Å². The molecule has 3 heteroatoms. The highest BCUT2D eigenvalue weighted by Crippen LogP contribution is 2.29. The van der Waals surface area contributed by atoms with Gasteiger partial charge in [0.25, 0.3) is 0 Å². The molecule has 0 saturated carbocycles. The predicted octanol–water partition coefficient (Wildman–Crippen LogP) is 2.14. The first-order valence-electron chi connectivity index (χ1n) is 6.52. The van der Waals surface area contributed by atoms with Crippen LogP contribution in [-0.2, 0) is 4.74 Å². The summed E-state index contributed by atoms with van der Waals surface area (Å²) in [6.45, 7) is 12.0. The Labute approximate surface area is 101 Å². The maximum Gasteiger partial charge on any atom is 0.0694 e. The van der Waals surface area contributed by atoms with Crippen LogP contribution < -0.4 is 0 Å². The van der Waals surface area contributed by atoms with E-state index < -0.39 is 5.60 Å². The fourth-order valence-corrected chi connectivity index (χ4v) is 1.96. The van der Waals surface area contributed by atoms with Gasteiger partial charge in [-0.3, -0.25) is 0 Å². The maximum absolute atomic E-state index is 10.2. The fourth-order valence-electron chi connectivity index (χ4n) is 1.96. The Balaban J connectivity index is 0.00000106. The third kappa shape index (κ3) is 4.81. The lowest BCUT2D eigenvalue weighted by Gasteiger charge is -2.40. The van der Waals surface area contributed by atoms with E-state index in [1.165, 1.54) is 0 Å². The van der Waals surface area contributed by atoms with Gasteiger partial charge in [0.2, 0.25) is 0 Å². The molecule has 0 spiro atoms. The van der Waals surface area contributed by atoms with Crippen molar-refractivity contribution in [3.63, 3.8) is 0 Å². The first kappa shape index (κ1) is 15.9. The molecule has 1 saturated heterocycles. The second-order valence-corrected chi connectivity index (χ2v) is 4.59. The van der Waals surface area contributed by atoms with Gasteiger partial charge in [0.05, 0.1) is 12.2 Å². The van der Waals surface area contributed by atoms with Crippen LogP contribution in [0.15, 0.2) is 0 Å². The minimum atomic E-state index is -0.427. The highest BCUT2D eigenvalue weighted by molar-refractivity contribution is 4.88. The van der Waals surface area contributed by atoms with Crippen molar-refractivity contribution in [2.45, 2.75) is 46.1 Å². The number of likely N-dealkylation sites (tertiary alicyclic amines) is 1. The van der Waals surface area contributed by atoms with Gasteiger partial charge in [-0.25, -0.2) is 0 Å². The molecule has 0 unspecified atom stereocenters. The molecule has 16 heavy (non-hydrogen) atoms. The SMILES string of the molecule is CC.COCCN1CCC(O)(C(C)C)CC1. The summed E-state index contributed by atoms with van der Waals surface area (Å²) in [5.74, 6) is 0.368. The molecule has 0 amide bonds. The van der Waals surface area contributed by atoms with Crippen LogP contribution in [0.25, 0.3) is 0 Å². The van der Waals surface area contributed by atoms with Crippen LogP contribution >= 0.6 is 0 Å². The summed E-state index contributed by atoms with van der Waals surface area (Å²) in [5.41, 5.74) is -0.427. The normalized spacial score (nSPS) is 20.4. The topological polar surface area (TPSA) is 32.7 Å². The van der Waals surface area contributed by atoms with Gasteiger partial charge >= 0.3 is 0 Å². The molecule has 1 rings (SSSR count). The lowest BCUT2D eigenvalue weighted by molar-refractivity contribution is -0.0587. The van der Waals surface area contributed by atoms with Crippen LogP contribution in [0, 0.1) is 5.92 Å². The van der Waals surface area contributed by atoms with E-state index >= 15 is 0 Å². The van der Waals surface area contributed by atoms with Gasteiger partial charge in [-0.15, -0.1) is 0 Å². The van der Waals surface area contributed by atoms with E-state index in [1.54, 1.807) is 7.11 Å². The molecule has 98 valence electrons. The molecule has 0 aliphatic carbocycles. The molecule has 1 N–H and O–H groups in total. The molecule has 0 atom stereocenters. The molecule has 1 aliphatic heterocycles. The Kier molecular flexibility index (Phi) is 7.98. The number of ether oxygens (including phenoxy) is 1. The van der Waals surface area contributed by atoms with Crippen molar-refractivity contribution in [1.82, 2.24) is 4.90 Å². The van der Waals surface area contributed by atoms with E-state index in [0.29, 0.717) is 5.92 Å². The van der Waals surface area contributed by atoms with E-state index in [-0.39, 0.29) is 0 Å². The average Bonchev–Trinajstić information content (AvgIpc) is 2.31. The minimum absolute atomic E-state index is 0.368. The Bertz CT molecular complexity index is 163. The van der Waals surface area contributed by atoms with Crippen molar-refractivity contribution >= 4 is 0 Å². The highest BCUT2D eigenvalue weighted by Gasteiger charge is 2.34. The van der Waals surface area contributed by atoms with Crippen molar-refractivity contribution in [2.75, 3.05) is 33.4 Å². The molecule has 1 fully saturated rings. The third-order valence-corrected chi connectivity index (χ3v) is 3.41. The number of methoxy groups -OCH3 is 1.